The van der Waals surface area contributed by atoms with E-state index in [9.17, 15) is 14.4 Å². The topological polar surface area (TPSA) is 87.7 Å². The second-order valence-electron chi connectivity index (χ2n) is 11.9. The van der Waals surface area contributed by atoms with Gasteiger partial charge in [-0.25, -0.2) is 4.79 Å². The van der Waals surface area contributed by atoms with E-state index >= 15 is 0 Å². The van der Waals surface area contributed by atoms with Gasteiger partial charge in [0.2, 0.25) is 5.91 Å². The Morgan fingerprint density at radius 2 is 1.46 bits per heavy atom. The van der Waals surface area contributed by atoms with Crippen molar-refractivity contribution in [3.05, 3.63) is 64.2 Å². The van der Waals surface area contributed by atoms with Crippen LogP contribution in [0.1, 0.15) is 88.7 Å². The van der Waals surface area contributed by atoms with E-state index in [0.717, 1.165) is 33.5 Å². The first-order valence-electron chi connectivity index (χ1n) is 13.8. The molecule has 0 bridgehead atoms. The average molecular weight is 538 g/mol. The molecule has 2 rings (SSSR count). The van der Waals surface area contributed by atoms with Gasteiger partial charge in [-0.1, -0.05) is 67.8 Å². The standard InChI is InChI=1S/C32H47N3O4/c1-12-22(6)27(34-31(38)39-32(9,10)11)30(37)35(19(2)3)28(25-17-20(4)16-21(5)18-25)29(36)33-26-23(7)14-13-15-24(26)8/h13-19,22,27-28H,12H2,1-11H3,(H,33,36)(H,34,38). The molecule has 0 fully saturated rings. The third-order valence-electron chi connectivity index (χ3n) is 6.78. The molecule has 3 atom stereocenters. The van der Waals surface area contributed by atoms with Crippen LogP contribution in [0.5, 0.6) is 0 Å². The smallest absolute Gasteiger partial charge is 0.408 e. The molecule has 0 aliphatic rings. The summed E-state index contributed by atoms with van der Waals surface area (Å²) in [7, 11) is 0. The Balaban J connectivity index is 2.63. The number of nitrogens with zero attached hydrogens (tertiary/aromatic N) is 1. The highest BCUT2D eigenvalue weighted by molar-refractivity contribution is 6.00. The van der Waals surface area contributed by atoms with E-state index in [-0.39, 0.29) is 23.8 Å². The Bertz CT molecular complexity index is 1140. The zero-order valence-corrected chi connectivity index (χ0v) is 25.6. The molecule has 0 spiro atoms. The highest BCUT2D eigenvalue weighted by Gasteiger charge is 2.39. The van der Waals surface area contributed by atoms with E-state index in [2.05, 4.69) is 10.6 Å². The molecule has 214 valence electrons. The molecule has 0 radical (unpaired) electrons. The number of ether oxygens (including phenoxy) is 1. The van der Waals surface area contributed by atoms with Crippen LogP contribution in [-0.2, 0) is 14.3 Å². The molecule has 0 aromatic heterocycles. The summed E-state index contributed by atoms with van der Waals surface area (Å²) in [6.45, 7) is 20.9. The van der Waals surface area contributed by atoms with Gasteiger partial charge in [-0.05, 0) is 84.9 Å². The molecule has 3 amide bonds. The van der Waals surface area contributed by atoms with Gasteiger partial charge < -0.3 is 20.3 Å². The summed E-state index contributed by atoms with van der Waals surface area (Å²) < 4.78 is 5.48. The third kappa shape index (κ3) is 8.57. The predicted molar refractivity (Wildman–Crippen MR) is 158 cm³/mol. The van der Waals surface area contributed by atoms with E-state index in [1.54, 1.807) is 25.7 Å². The zero-order valence-electron chi connectivity index (χ0n) is 25.6. The number of anilines is 1. The van der Waals surface area contributed by atoms with Crippen LogP contribution in [0.15, 0.2) is 36.4 Å². The maximum Gasteiger partial charge on any atom is 0.408 e. The number of nitrogens with one attached hydrogen (secondary N) is 2. The zero-order chi connectivity index (χ0) is 29.7. The van der Waals surface area contributed by atoms with Crippen LogP contribution in [0.25, 0.3) is 0 Å². The fourth-order valence-corrected chi connectivity index (χ4v) is 4.77. The molecule has 39 heavy (non-hydrogen) atoms. The quantitative estimate of drug-likeness (QED) is 0.369. The Labute approximate surface area is 234 Å². The van der Waals surface area contributed by atoms with Crippen LogP contribution in [0.3, 0.4) is 0 Å². The third-order valence-corrected chi connectivity index (χ3v) is 6.78. The molecule has 0 aliphatic heterocycles. The second-order valence-corrected chi connectivity index (χ2v) is 11.9. The van der Waals surface area contributed by atoms with Crippen molar-refractivity contribution in [3.8, 4) is 0 Å². The van der Waals surface area contributed by atoms with Crippen molar-refractivity contribution in [2.75, 3.05) is 5.32 Å². The number of para-hydroxylation sites is 1. The number of carbonyl (C=O) groups is 3. The number of carbonyl (C=O) groups excluding carboxylic acids is 3. The largest absolute Gasteiger partial charge is 0.444 e. The molecule has 2 N–H and O–H groups in total. The van der Waals surface area contributed by atoms with Gasteiger partial charge in [0, 0.05) is 11.7 Å². The summed E-state index contributed by atoms with van der Waals surface area (Å²) in [5.41, 5.74) is 4.62. The van der Waals surface area contributed by atoms with Crippen LogP contribution >= 0.6 is 0 Å². The van der Waals surface area contributed by atoms with E-state index < -0.39 is 23.8 Å². The second kappa shape index (κ2) is 13.1. The van der Waals surface area contributed by atoms with Gasteiger partial charge in [0.25, 0.3) is 5.91 Å². The lowest BCUT2D eigenvalue weighted by molar-refractivity contribution is -0.144. The summed E-state index contributed by atoms with van der Waals surface area (Å²) in [5, 5.41) is 5.93. The molecule has 3 unspecified atom stereocenters. The number of amides is 3. The van der Waals surface area contributed by atoms with Crippen molar-refractivity contribution in [2.45, 2.75) is 106 Å². The van der Waals surface area contributed by atoms with E-state index in [0.29, 0.717) is 6.42 Å². The van der Waals surface area contributed by atoms with E-state index in [4.69, 9.17) is 4.74 Å². The molecule has 7 nitrogen and oxygen atoms in total. The summed E-state index contributed by atoms with van der Waals surface area (Å²) in [5.74, 6) is -0.821. The molecule has 2 aromatic carbocycles. The molecular weight excluding hydrogens is 490 g/mol. The van der Waals surface area contributed by atoms with Crippen molar-refractivity contribution in [1.29, 1.82) is 0 Å². The van der Waals surface area contributed by atoms with Crippen LogP contribution < -0.4 is 10.6 Å². The molecule has 2 aromatic rings. The van der Waals surface area contributed by atoms with Gasteiger partial charge in [-0.2, -0.15) is 0 Å². The normalized spacial score (nSPS) is 13.8. The van der Waals surface area contributed by atoms with Gasteiger partial charge in [0.05, 0.1) is 0 Å². The van der Waals surface area contributed by atoms with Crippen LogP contribution in [-0.4, -0.2) is 40.5 Å². The summed E-state index contributed by atoms with van der Waals surface area (Å²) in [4.78, 5) is 42.9. The van der Waals surface area contributed by atoms with Crippen molar-refractivity contribution in [1.82, 2.24) is 10.2 Å². The van der Waals surface area contributed by atoms with Crippen molar-refractivity contribution in [2.24, 2.45) is 5.92 Å². The highest BCUT2D eigenvalue weighted by Crippen LogP contribution is 2.30. The number of aryl methyl sites for hydroxylation is 4. The summed E-state index contributed by atoms with van der Waals surface area (Å²) in [6, 6.07) is 9.67. The van der Waals surface area contributed by atoms with Gasteiger partial charge in [-0.3, -0.25) is 9.59 Å². The Morgan fingerprint density at radius 1 is 0.923 bits per heavy atom. The van der Waals surface area contributed by atoms with Crippen molar-refractivity contribution >= 4 is 23.6 Å². The lowest BCUT2D eigenvalue weighted by Gasteiger charge is -2.38. The minimum absolute atomic E-state index is 0.187. The minimum Gasteiger partial charge on any atom is -0.444 e. The molecule has 0 heterocycles. The van der Waals surface area contributed by atoms with E-state index in [1.807, 2.05) is 91.8 Å². The van der Waals surface area contributed by atoms with Crippen LogP contribution in [0.4, 0.5) is 10.5 Å². The van der Waals surface area contributed by atoms with Gasteiger partial charge in [0.1, 0.15) is 17.7 Å². The summed E-state index contributed by atoms with van der Waals surface area (Å²) >= 11 is 0. The maximum atomic E-state index is 14.3. The molecule has 0 saturated heterocycles. The van der Waals surface area contributed by atoms with Crippen LogP contribution in [0.2, 0.25) is 0 Å². The van der Waals surface area contributed by atoms with Crippen molar-refractivity contribution < 1.29 is 19.1 Å². The van der Waals surface area contributed by atoms with E-state index in [1.165, 1.54) is 0 Å². The minimum atomic E-state index is -0.915. The first-order valence-corrected chi connectivity index (χ1v) is 13.8. The number of rotatable bonds is 9. The molecule has 0 aliphatic carbocycles. The van der Waals surface area contributed by atoms with Gasteiger partial charge >= 0.3 is 6.09 Å². The lowest BCUT2D eigenvalue weighted by atomic mass is 9.93. The van der Waals surface area contributed by atoms with Crippen molar-refractivity contribution in [3.63, 3.8) is 0 Å². The lowest BCUT2D eigenvalue weighted by Crippen LogP contribution is -2.56. The Morgan fingerprint density at radius 3 is 1.92 bits per heavy atom. The first-order chi connectivity index (χ1) is 18.0. The maximum absolute atomic E-state index is 14.3. The number of hydrogen-bond acceptors (Lipinski definition) is 4. The van der Waals surface area contributed by atoms with Gasteiger partial charge in [0.15, 0.2) is 0 Å². The SMILES string of the molecule is CCC(C)C(NC(=O)OC(C)(C)C)C(=O)N(C(C)C)C(C(=O)Nc1c(C)cccc1C)c1cc(C)cc(C)c1. The monoisotopic (exact) mass is 537 g/mol. The summed E-state index contributed by atoms with van der Waals surface area (Å²) in [6.07, 6.45) is -0.00572. The number of alkyl carbamates (subject to hydrolysis) is 1. The predicted octanol–water partition coefficient (Wildman–Crippen LogP) is 6.78. The fourth-order valence-electron chi connectivity index (χ4n) is 4.77. The van der Waals surface area contributed by atoms with Gasteiger partial charge in [-0.15, -0.1) is 0 Å². The number of hydrogen-bond donors (Lipinski definition) is 2. The van der Waals surface area contributed by atoms with Crippen LogP contribution in [0, 0.1) is 33.6 Å². The molecule has 7 heteroatoms. The fraction of sp³-hybridized carbons (Fsp3) is 0.531. The Kier molecular flexibility index (Phi) is 10.7. The average Bonchev–Trinajstić information content (AvgIpc) is 2.80. The molecular formula is C32H47N3O4. The Hall–Kier alpha value is -3.35. The molecule has 0 saturated carbocycles. The highest BCUT2D eigenvalue weighted by atomic mass is 16.6. The number of benzene rings is 2. The first kappa shape index (κ1) is 31.9.